The molecule has 5 nitrogen and oxygen atoms in total. The molecular formula is C22H27NO4. The third-order valence-corrected chi connectivity index (χ3v) is 5.17. The number of ketones is 1. The van der Waals surface area contributed by atoms with Crippen molar-refractivity contribution in [3.63, 3.8) is 0 Å². The van der Waals surface area contributed by atoms with Crippen LogP contribution in [0.4, 0.5) is 0 Å². The lowest BCUT2D eigenvalue weighted by molar-refractivity contribution is -0.136. The number of ether oxygens (including phenoxy) is 2. The highest BCUT2D eigenvalue weighted by atomic mass is 16.5. The van der Waals surface area contributed by atoms with Crippen molar-refractivity contribution >= 4 is 11.8 Å². The van der Waals surface area contributed by atoms with Crippen molar-refractivity contribution in [1.82, 2.24) is 5.32 Å². The van der Waals surface area contributed by atoms with E-state index in [1.807, 2.05) is 38.1 Å². The van der Waals surface area contributed by atoms with Crippen LogP contribution in [-0.2, 0) is 14.3 Å². The van der Waals surface area contributed by atoms with Gasteiger partial charge in [-0.1, -0.05) is 26.0 Å². The minimum Gasteiger partial charge on any atom is -0.494 e. The maximum Gasteiger partial charge on any atom is 0.336 e. The predicted molar refractivity (Wildman–Crippen MR) is 103 cm³/mol. The molecule has 1 unspecified atom stereocenters. The Kier molecular flexibility index (Phi) is 5.13. The summed E-state index contributed by atoms with van der Waals surface area (Å²) in [6.07, 6.45) is 1.24. The van der Waals surface area contributed by atoms with Crippen LogP contribution in [0.2, 0.25) is 0 Å². The zero-order valence-electron chi connectivity index (χ0n) is 16.6. The number of Topliss-reactive ketones (excluding diaryl/α,β-unsaturated/α-hetero) is 1. The second kappa shape index (κ2) is 7.22. The number of esters is 1. The molecule has 0 amide bonds. The van der Waals surface area contributed by atoms with Gasteiger partial charge in [0.05, 0.1) is 19.3 Å². The van der Waals surface area contributed by atoms with Crippen LogP contribution in [0, 0.1) is 5.41 Å². The molecule has 1 aromatic carbocycles. The first-order chi connectivity index (χ1) is 12.8. The molecule has 1 aliphatic carbocycles. The molecule has 1 heterocycles. The van der Waals surface area contributed by atoms with Crippen molar-refractivity contribution < 1.29 is 19.1 Å². The molecule has 3 rings (SSSR count). The number of allylic oxidation sites excluding steroid dienone is 3. The molecule has 0 bridgehead atoms. The van der Waals surface area contributed by atoms with Gasteiger partial charge < -0.3 is 14.8 Å². The maximum absolute atomic E-state index is 13.1. The Balaban J connectivity index is 2.13. The van der Waals surface area contributed by atoms with Crippen molar-refractivity contribution in [2.24, 2.45) is 5.41 Å². The van der Waals surface area contributed by atoms with Crippen LogP contribution in [0.3, 0.4) is 0 Å². The van der Waals surface area contributed by atoms with Gasteiger partial charge in [-0.25, -0.2) is 4.79 Å². The minimum atomic E-state index is -0.423. The summed E-state index contributed by atoms with van der Waals surface area (Å²) < 4.78 is 10.6. The summed E-state index contributed by atoms with van der Waals surface area (Å²) in [5.41, 5.74) is 3.62. The number of benzene rings is 1. The molecule has 1 atom stereocenters. The van der Waals surface area contributed by atoms with E-state index in [-0.39, 0.29) is 11.2 Å². The predicted octanol–water partition coefficient (Wildman–Crippen LogP) is 3.86. The fourth-order valence-electron chi connectivity index (χ4n) is 4.07. The lowest BCUT2D eigenvalue weighted by atomic mass is 9.68. The summed E-state index contributed by atoms with van der Waals surface area (Å²) in [6.45, 7) is 8.57. The topological polar surface area (TPSA) is 64.6 Å². The highest BCUT2D eigenvalue weighted by Gasteiger charge is 2.42. The molecule has 0 radical (unpaired) electrons. The lowest BCUT2D eigenvalue weighted by Gasteiger charge is -2.39. The van der Waals surface area contributed by atoms with Crippen molar-refractivity contribution in [2.75, 3.05) is 13.7 Å². The highest BCUT2D eigenvalue weighted by molar-refractivity contribution is 6.04. The Morgan fingerprint density at radius 1 is 1.22 bits per heavy atom. The average molecular weight is 369 g/mol. The minimum absolute atomic E-state index is 0.0848. The number of carbonyl (C=O) groups excluding carboxylic acids is 2. The number of rotatable bonds is 4. The largest absolute Gasteiger partial charge is 0.494 e. The molecule has 1 aliphatic heterocycles. The summed E-state index contributed by atoms with van der Waals surface area (Å²) in [6, 6.07) is 7.61. The van der Waals surface area contributed by atoms with E-state index in [0.717, 1.165) is 29.1 Å². The van der Waals surface area contributed by atoms with Gasteiger partial charge >= 0.3 is 5.97 Å². The fourth-order valence-corrected chi connectivity index (χ4v) is 4.07. The molecule has 1 aromatic rings. The molecule has 0 fully saturated rings. The Morgan fingerprint density at radius 3 is 2.48 bits per heavy atom. The first-order valence-corrected chi connectivity index (χ1v) is 9.32. The first kappa shape index (κ1) is 19.2. The van der Waals surface area contributed by atoms with Gasteiger partial charge in [-0.2, -0.15) is 0 Å². The Morgan fingerprint density at radius 2 is 1.89 bits per heavy atom. The van der Waals surface area contributed by atoms with Crippen LogP contribution < -0.4 is 10.1 Å². The van der Waals surface area contributed by atoms with Gasteiger partial charge in [-0.05, 0) is 43.4 Å². The second-order valence-corrected chi connectivity index (χ2v) is 7.92. The molecule has 0 spiro atoms. The van der Waals surface area contributed by atoms with E-state index in [4.69, 9.17) is 9.47 Å². The third-order valence-electron chi connectivity index (χ3n) is 5.17. The number of dihydropyridines is 1. The lowest BCUT2D eigenvalue weighted by Crippen LogP contribution is -2.38. The normalized spacial score (nSPS) is 21.5. The Bertz CT molecular complexity index is 830. The molecular weight excluding hydrogens is 342 g/mol. The first-order valence-electron chi connectivity index (χ1n) is 9.32. The number of nitrogens with one attached hydrogen (secondary N) is 1. The Labute approximate surface area is 160 Å². The van der Waals surface area contributed by atoms with Gasteiger partial charge in [0.15, 0.2) is 5.78 Å². The maximum atomic E-state index is 13.1. The standard InChI is InChI=1S/C22H27NO4/c1-6-27-15-9-7-14(8-10-15)19-18(21(25)26-5)13(2)23-16-11-22(3,4)12-17(24)20(16)19/h7-10,19,23H,6,11-12H2,1-5H3. The summed E-state index contributed by atoms with van der Waals surface area (Å²) >= 11 is 0. The Hall–Kier alpha value is -2.56. The average Bonchev–Trinajstić information content (AvgIpc) is 2.60. The molecule has 0 saturated carbocycles. The number of carbonyl (C=O) groups is 2. The van der Waals surface area contributed by atoms with Gasteiger partial charge in [0, 0.05) is 29.3 Å². The van der Waals surface area contributed by atoms with Crippen molar-refractivity contribution in [3.8, 4) is 5.75 Å². The molecule has 1 N–H and O–H groups in total. The van der Waals surface area contributed by atoms with Crippen LogP contribution in [0.5, 0.6) is 5.75 Å². The summed E-state index contributed by atoms with van der Waals surface area (Å²) in [5, 5.41) is 3.31. The molecule has 0 aromatic heterocycles. The van der Waals surface area contributed by atoms with Crippen molar-refractivity contribution in [3.05, 3.63) is 52.4 Å². The van der Waals surface area contributed by atoms with Gasteiger partial charge in [-0.3, -0.25) is 4.79 Å². The summed E-state index contributed by atoms with van der Waals surface area (Å²) in [5.74, 6) is 0.0124. The van der Waals surface area contributed by atoms with Crippen LogP contribution in [0.15, 0.2) is 46.8 Å². The van der Waals surface area contributed by atoms with E-state index in [1.54, 1.807) is 0 Å². The van der Waals surface area contributed by atoms with E-state index >= 15 is 0 Å². The van der Waals surface area contributed by atoms with Crippen LogP contribution in [-0.4, -0.2) is 25.5 Å². The van der Waals surface area contributed by atoms with Gasteiger partial charge in [0.25, 0.3) is 0 Å². The van der Waals surface area contributed by atoms with E-state index in [0.29, 0.717) is 24.2 Å². The monoisotopic (exact) mass is 369 g/mol. The zero-order chi connectivity index (χ0) is 19.8. The van der Waals surface area contributed by atoms with E-state index in [9.17, 15) is 9.59 Å². The van der Waals surface area contributed by atoms with Gasteiger partial charge in [-0.15, -0.1) is 0 Å². The zero-order valence-corrected chi connectivity index (χ0v) is 16.6. The number of hydrogen-bond donors (Lipinski definition) is 1. The molecule has 2 aliphatic rings. The molecule has 0 saturated heterocycles. The molecule has 144 valence electrons. The summed E-state index contributed by atoms with van der Waals surface area (Å²) in [7, 11) is 1.37. The van der Waals surface area contributed by atoms with Gasteiger partial charge in [0.2, 0.25) is 0 Å². The van der Waals surface area contributed by atoms with Crippen LogP contribution in [0.25, 0.3) is 0 Å². The van der Waals surface area contributed by atoms with Crippen LogP contribution in [0.1, 0.15) is 52.0 Å². The SMILES string of the molecule is CCOc1ccc(C2C(C(=O)OC)=C(C)NC3=C2C(=O)CC(C)(C)C3)cc1. The number of hydrogen-bond acceptors (Lipinski definition) is 5. The number of methoxy groups -OCH3 is 1. The third kappa shape index (κ3) is 3.64. The smallest absolute Gasteiger partial charge is 0.336 e. The van der Waals surface area contributed by atoms with Crippen molar-refractivity contribution in [2.45, 2.75) is 46.5 Å². The second-order valence-electron chi connectivity index (χ2n) is 7.92. The van der Waals surface area contributed by atoms with Gasteiger partial charge in [0.1, 0.15) is 5.75 Å². The van der Waals surface area contributed by atoms with E-state index < -0.39 is 11.9 Å². The fraction of sp³-hybridized carbons (Fsp3) is 0.455. The summed E-state index contributed by atoms with van der Waals surface area (Å²) in [4.78, 5) is 25.6. The molecule has 5 heteroatoms. The van der Waals surface area contributed by atoms with Crippen molar-refractivity contribution in [1.29, 1.82) is 0 Å². The van der Waals surface area contributed by atoms with E-state index in [1.165, 1.54) is 7.11 Å². The quantitative estimate of drug-likeness (QED) is 0.817. The molecule has 27 heavy (non-hydrogen) atoms. The van der Waals surface area contributed by atoms with E-state index in [2.05, 4.69) is 19.2 Å². The van der Waals surface area contributed by atoms with Crippen LogP contribution >= 0.6 is 0 Å². The highest BCUT2D eigenvalue weighted by Crippen LogP contribution is 2.46.